The van der Waals surface area contributed by atoms with Gasteiger partial charge in [-0.05, 0) is 57.4 Å². The maximum absolute atomic E-state index is 12.5. The van der Waals surface area contributed by atoms with E-state index in [1.54, 1.807) is 45.0 Å². The molecule has 8 heteroatoms. The van der Waals surface area contributed by atoms with E-state index in [4.69, 9.17) is 4.74 Å². The highest BCUT2D eigenvalue weighted by Crippen LogP contribution is 2.16. The van der Waals surface area contributed by atoms with E-state index in [-0.39, 0.29) is 17.4 Å². The van der Waals surface area contributed by atoms with Gasteiger partial charge in [-0.15, -0.1) is 0 Å². The molecule has 2 N–H and O–H groups in total. The van der Waals surface area contributed by atoms with Crippen LogP contribution in [0.5, 0.6) is 0 Å². The average molecular weight is 400 g/mol. The lowest BCUT2D eigenvalue weighted by atomic mass is 10.0. The van der Waals surface area contributed by atoms with Gasteiger partial charge >= 0.3 is 6.09 Å². The first-order chi connectivity index (χ1) is 12.4. The monoisotopic (exact) mass is 399 g/mol. The molecular weight excluding hydrogens is 366 g/mol. The van der Waals surface area contributed by atoms with Gasteiger partial charge in [0.05, 0.1) is 4.90 Å². The summed E-state index contributed by atoms with van der Waals surface area (Å²) >= 11 is 0. The number of hydrogen-bond acceptors (Lipinski definition) is 5. The number of amides is 1. The fourth-order valence-electron chi connectivity index (χ4n) is 2.46. The van der Waals surface area contributed by atoms with Crippen LogP contribution >= 0.6 is 0 Å². The largest absolute Gasteiger partial charge is 0.444 e. The van der Waals surface area contributed by atoms with Crippen molar-refractivity contribution in [3.8, 4) is 0 Å². The molecule has 0 radical (unpaired) electrons. The molecule has 7 nitrogen and oxygen atoms in total. The molecule has 1 aromatic rings. The van der Waals surface area contributed by atoms with Crippen molar-refractivity contribution >= 4 is 21.8 Å². The van der Waals surface area contributed by atoms with E-state index >= 15 is 0 Å². The fourth-order valence-corrected chi connectivity index (χ4v) is 3.58. The molecule has 0 saturated carbocycles. The highest BCUT2D eigenvalue weighted by atomic mass is 32.2. The maximum atomic E-state index is 12.5. The molecule has 0 spiro atoms. The van der Waals surface area contributed by atoms with Crippen molar-refractivity contribution in [1.82, 2.24) is 10.0 Å². The van der Waals surface area contributed by atoms with Gasteiger partial charge in [0.25, 0.3) is 0 Å². The van der Waals surface area contributed by atoms with E-state index in [9.17, 15) is 13.2 Å². The van der Waals surface area contributed by atoms with E-state index < -0.39 is 21.7 Å². The van der Waals surface area contributed by atoms with Crippen LogP contribution < -0.4 is 14.9 Å². The van der Waals surface area contributed by atoms with E-state index in [2.05, 4.69) is 10.0 Å². The molecule has 154 valence electrons. The van der Waals surface area contributed by atoms with Gasteiger partial charge in [-0.1, -0.05) is 13.3 Å². The third kappa shape index (κ3) is 8.62. The predicted molar refractivity (Wildman–Crippen MR) is 109 cm³/mol. The molecule has 0 aliphatic carbocycles. The molecule has 0 bridgehead atoms. The van der Waals surface area contributed by atoms with Crippen LogP contribution in [0.3, 0.4) is 0 Å². The van der Waals surface area contributed by atoms with Crippen molar-refractivity contribution in [3.63, 3.8) is 0 Å². The Hall–Kier alpha value is -1.80. The molecule has 0 aliphatic heterocycles. The Bertz CT molecular complexity index is 695. The summed E-state index contributed by atoms with van der Waals surface area (Å²) in [4.78, 5) is 13.9. The van der Waals surface area contributed by atoms with Gasteiger partial charge in [0.15, 0.2) is 0 Å². The molecule has 1 atom stereocenters. The van der Waals surface area contributed by atoms with Crippen molar-refractivity contribution < 1.29 is 17.9 Å². The first kappa shape index (κ1) is 23.2. The number of carbonyl (C=O) groups is 1. The van der Waals surface area contributed by atoms with Crippen molar-refractivity contribution in [2.45, 2.75) is 51.0 Å². The number of sulfonamides is 1. The van der Waals surface area contributed by atoms with Crippen LogP contribution in [0.25, 0.3) is 0 Å². The first-order valence-corrected chi connectivity index (χ1v) is 10.7. The number of nitrogens with one attached hydrogen (secondary N) is 2. The smallest absolute Gasteiger partial charge is 0.407 e. The Morgan fingerprint density at radius 1 is 1.15 bits per heavy atom. The summed E-state index contributed by atoms with van der Waals surface area (Å²) in [6.07, 6.45) is 1.18. The minimum Gasteiger partial charge on any atom is -0.444 e. The number of carbonyl (C=O) groups excluding carboxylic acids is 1. The normalized spacial score (nSPS) is 13.1. The summed E-state index contributed by atoms with van der Waals surface area (Å²) in [5.41, 5.74) is 0.365. The number of alkyl carbamates (subject to hydrolysis) is 1. The van der Waals surface area contributed by atoms with Gasteiger partial charge in [-0.25, -0.2) is 17.9 Å². The van der Waals surface area contributed by atoms with Crippen molar-refractivity contribution in [2.75, 3.05) is 32.1 Å². The number of ether oxygens (including phenoxy) is 1. The zero-order valence-corrected chi connectivity index (χ0v) is 18.0. The molecule has 1 aromatic carbocycles. The minimum absolute atomic E-state index is 0.0154. The molecule has 0 saturated heterocycles. The summed E-state index contributed by atoms with van der Waals surface area (Å²) in [6, 6.07) is 6.71. The van der Waals surface area contributed by atoms with Crippen LogP contribution in [-0.4, -0.2) is 47.3 Å². The molecule has 1 rings (SSSR count). The lowest BCUT2D eigenvalue weighted by molar-refractivity contribution is 0.0519. The third-order valence-corrected chi connectivity index (χ3v) is 5.30. The second-order valence-electron chi connectivity index (χ2n) is 7.78. The second kappa shape index (κ2) is 9.94. The predicted octanol–water partition coefficient (Wildman–Crippen LogP) is 2.97. The molecule has 0 heterocycles. The zero-order valence-electron chi connectivity index (χ0n) is 17.2. The number of rotatable bonds is 9. The molecule has 0 unspecified atom stereocenters. The van der Waals surface area contributed by atoms with E-state index in [1.165, 1.54) is 0 Å². The van der Waals surface area contributed by atoms with Crippen LogP contribution in [0, 0.1) is 5.92 Å². The number of hydrogen-bond donors (Lipinski definition) is 2. The van der Waals surface area contributed by atoms with Gasteiger partial charge in [0.1, 0.15) is 5.60 Å². The summed E-state index contributed by atoms with van der Waals surface area (Å²) in [7, 11) is 0.199. The van der Waals surface area contributed by atoms with Crippen LogP contribution in [-0.2, 0) is 14.8 Å². The molecule has 0 aromatic heterocycles. The van der Waals surface area contributed by atoms with Crippen molar-refractivity contribution in [2.24, 2.45) is 5.92 Å². The molecule has 27 heavy (non-hydrogen) atoms. The topological polar surface area (TPSA) is 87.7 Å². The average Bonchev–Trinajstić information content (AvgIpc) is 2.56. The zero-order chi connectivity index (χ0) is 20.7. The minimum atomic E-state index is -3.60. The third-order valence-electron chi connectivity index (χ3n) is 3.86. The van der Waals surface area contributed by atoms with E-state index in [0.29, 0.717) is 6.54 Å². The number of nitrogens with zero attached hydrogens (tertiary/aromatic N) is 1. The lowest BCUT2D eigenvalue weighted by Crippen LogP contribution is -2.39. The fraction of sp³-hybridized carbons (Fsp3) is 0.632. The van der Waals surface area contributed by atoms with Crippen molar-refractivity contribution in [1.29, 1.82) is 0 Å². The summed E-state index contributed by atoms with van der Waals surface area (Å²) in [5, 5.41) is 2.72. The van der Waals surface area contributed by atoms with Crippen LogP contribution in [0.4, 0.5) is 10.5 Å². The summed E-state index contributed by atoms with van der Waals surface area (Å²) in [6.45, 7) is 8.02. The van der Waals surface area contributed by atoms with Gasteiger partial charge < -0.3 is 15.0 Å². The quantitative estimate of drug-likeness (QED) is 0.666. The number of anilines is 1. The van der Waals surface area contributed by atoms with Crippen molar-refractivity contribution in [3.05, 3.63) is 24.3 Å². The Labute approximate surface area is 163 Å². The Morgan fingerprint density at radius 3 is 2.22 bits per heavy atom. The number of benzene rings is 1. The first-order valence-electron chi connectivity index (χ1n) is 9.18. The molecule has 0 aliphatic rings. The highest BCUT2D eigenvalue weighted by molar-refractivity contribution is 7.89. The second-order valence-corrected chi connectivity index (χ2v) is 9.54. The molecule has 0 fully saturated rings. The molecule has 1 amide bonds. The van der Waals surface area contributed by atoms with E-state index in [1.807, 2.05) is 25.9 Å². The Balaban J connectivity index is 2.65. The maximum Gasteiger partial charge on any atom is 0.407 e. The highest BCUT2D eigenvalue weighted by Gasteiger charge is 2.20. The lowest BCUT2D eigenvalue weighted by Gasteiger charge is -2.22. The van der Waals surface area contributed by atoms with Crippen LogP contribution in [0.2, 0.25) is 0 Å². The van der Waals surface area contributed by atoms with Crippen LogP contribution in [0.15, 0.2) is 29.2 Å². The SMILES string of the molecule is CCC[C@H](CNC(=O)OC(C)(C)C)CNS(=O)(=O)c1ccc(N(C)C)cc1. The van der Waals surface area contributed by atoms with Gasteiger partial charge in [-0.2, -0.15) is 0 Å². The summed E-state index contributed by atoms with van der Waals surface area (Å²) < 4.78 is 32.9. The Kier molecular flexibility index (Phi) is 8.56. The van der Waals surface area contributed by atoms with Crippen LogP contribution in [0.1, 0.15) is 40.5 Å². The molecular formula is C19H33N3O4S. The van der Waals surface area contributed by atoms with Gasteiger partial charge in [-0.3, -0.25) is 0 Å². The van der Waals surface area contributed by atoms with Gasteiger partial charge in [0, 0.05) is 32.9 Å². The van der Waals surface area contributed by atoms with E-state index in [0.717, 1.165) is 18.5 Å². The van der Waals surface area contributed by atoms with Gasteiger partial charge in [0.2, 0.25) is 10.0 Å². The summed E-state index contributed by atoms with van der Waals surface area (Å²) in [5.74, 6) is -0.0154. The Morgan fingerprint density at radius 2 is 1.74 bits per heavy atom. The standard InChI is InChI=1S/C19H33N3O4S/c1-7-8-15(13-20-18(23)26-19(2,3)4)14-21-27(24,25)17-11-9-16(10-12-17)22(5)6/h9-12,15,21H,7-8,13-14H2,1-6H3,(H,20,23)/t15-/m1/s1.